The fraction of sp³-hybridized carbons (Fsp3) is 0.0952. The largest absolute Gasteiger partial charge is 0.489 e. The molecule has 1 amide bonds. The second-order valence-electron chi connectivity index (χ2n) is 6.43. The van der Waals surface area contributed by atoms with Crippen LogP contribution in [0.3, 0.4) is 0 Å². The molecule has 3 aromatic carbocycles. The molecular weight excluding hydrogens is 447 g/mol. The van der Waals surface area contributed by atoms with E-state index >= 15 is 0 Å². The Morgan fingerprint density at radius 1 is 0.967 bits per heavy atom. The predicted molar refractivity (Wildman–Crippen MR) is 117 cm³/mol. The molecule has 0 bridgehead atoms. The van der Waals surface area contributed by atoms with Crippen LogP contribution >= 0.6 is 23.2 Å². The number of halogens is 2. The summed E-state index contributed by atoms with van der Waals surface area (Å²) in [5, 5.41) is 9.06. The number of hydrogen-bond donors (Lipinski definition) is 2. The van der Waals surface area contributed by atoms with E-state index < -0.39 is 10.0 Å². The first-order chi connectivity index (χ1) is 14.2. The number of amides is 1. The highest BCUT2D eigenvalue weighted by molar-refractivity contribution is 7.89. The lowest BCUT2D eigenvalue weighted by Gasteiger charge is -2.13. The number of anilines is 1. The summed E-state index contributed by atoms with van der Waals surface area (Å²) in [5.74, 6) is 0.186. The highest BCUT2D eigenvalue weighted by Crippen LogP contribution is 2.23. The number of hydrogen-bond acceptors (Lipinski definition) is 4. The third kappa shape index (κ3) is 5.96. The minimum atomic E-state index is -4.04. The fourth-order valence-electron chi connectivity index (χ4n) is 2.73. The Morgan fingerprint density at radius 3 is 2.33 bits per heavy atom. The second-order valence-corrected chi connectivity index (χ2v) is 8.80. The van der Waals surface area contributed by atoms with Crippen molar-refractivity contribution in [2.75, 3.05) is 5.32 Å². The Labute approximate surface area is 184 Å². The van der Waals surface area contributed by atoms with Gasteiger partial charge < -0.3 is 10.1 Å². The number of primary sulfonamides is 1. The molecule has 0 aliphatic heterocycles. The topological polar surface area (TPSA) is 98.5 Å². The van der Waals surface area contributed by atoms with Crippen molar-refractivity contribution < 1.29 is 17.9 Å². The molecule has 156 valence electrons. The molecule has 3 aromatic rings. The lowest BCUT2D eigenvalue weighted by atomic mass is 10.1. The molecule has 0 atom stereocenters. The second kappa shape index (κ2) is 9.49. The zero-order valence-corrected chi connectivity index (χ0v) is 18.0. The highest BCUT2D eigenvalue weighted by Gasteiger charge is 2.17. The number of ether oxygens (including phenoxy) is 1. The number of nitrogens with one attached hydrogen (secondary N) is 1. The fourth-order valence-corrected chi connectivity index (χ4v) is 3.84. The van der Waals surface area contributed by atoms with E-state index in [4.69, 9.17) is 33.1 Å². The third-order valence-electron chi connectivity index (χ3n) is 4.17. The molecule has 3 N–H and O–H groups in total. The first-order valence-corrected chi connectivity index (χ1v) is 11.1. The van der Waals surface area contributed by atoms with Crippen LogP contribution in [-0.4, -0.2) is 14.3 Å². The molecule has 0 radical (unpaired) electrons. The van der Waals surface area contributed by atoms with Gasteiger partial charge >= 0.3 is 0 Å². The summed E-state index contributed by atoms with van der Waals surface area (Å²) in [6.45, 7) is -0.0265. The summed E-state index contributed by atoms with van der Waals surface area (Å²) in [6.07, 6.45) is 0.0474. The summed E-state index contributed by atoms with van der Waals surface area (Å²) in [4.78, 5) is 12.2. The maximum atomic E-state index is 12.3. The van der Waals surface area contributed by atoms with Gasteiger partial charge in [-0.1, -0.05) is 47.5 Å². The number of benzene rings is 3. The lowest BCUT2D eigenvalue weighted by molar-refractivity contribution is -0.115. The zero-order valence-electron chi connectivity index (χ0n) is 15.6. The van der Waals surface area contributed by atoms with Crippen LogP contribution in [0.1, 0.15) is 11.1 Å². The Bertz CT molecular complexity index is 1170. The van der Waals surface area contributed by atoms with Gasteiger partial charge in [0.05, 0.1) is 11.3 Å². The van der Waals surface area contributed by atoms with Crippen molar-refractivity contribution in [3.63, 3.8) is 0 Å². The number of carbonyl (C=O) groups excluding carboxylic acids is 1. The van der Waals surface area contributed by atoms with Crippen LogP contribution in [0.2, 0.25) is 10.0 Å². The standard InChI is InChI=1S/C21H18Cl2N2O4S/c22-16-6-9-18(10-7-16)29-13-15-5-8-17(12-20(15)30(24,27)28)25-21(26)11-14-3-1-2-4-19(14)23/h1-10,12H,11,13H2,(H,25,26)(H2,24,27,28). The Balaban J connectivity index is 1.76. The van der Waals surface area contributed by atoms with Gasteiger partial charge in [0.15, 0.2) is 0 Å². The van der Waals surface area contributed by atoms with E-state index in [1.807, 2.05) is 0 Å². The molecule has 6 nitrogen and oxygen atoms in total. The van der Waals surface area contributed by atoms with Crippen LogP contribution in [-0.2, 0) is 27.8 Å². The Morgan fingerprint density at radius 2 is 1.67 bits per heavy atom. The van der Waals surface area contributed by atoms with Crippen LogP contribution < -0.4 is 15.2 Å². The smallest absolute Gasteiger partial charge is 0.238 e. The molecule has 3 rings (SSSR count). The first-order valence-electron chi connectivity index (χ1n) is 8.80. The van der Waals surface area contributed by atoms with Gasteiger partial charge in [-0.25, -0.2) is 13.6 Å². The highest BCUT2D eigenvalue weighted by atomic mass is 35.5. The van der Waals surface area contributed by atoms with E-state index in [0.29, 0.717) is 32.6 Å². The van der Waals surface area contributed by atoms with Gasteiger partial charge in [0.25, 0.3) is 0 Å². The summed E-state index contributed by atoms with van der Waals surface area (Å²) in [6, 6.07) is 18.1. The molecule has 30 heavy (non-hydrogen) atoms. The first kappa shape index (κ1) is 22.1. The van der Waals surface area contributed by atoms with Crippen LogP contribution in [0, 0.1) is 0 Å². The average Bonchev–Trinajstić information content (AvgIpc) is 2.69. The van der Waals surface area contributed by atoms with Gasteiger partial charge in [0, 0.05) is 21.3 Å². The Hall–Kier alpha value is -2.58. The van der Waals surface area contributed by atoms with Crippen LogP contribution in [0.15, 0.2) is 71.6 Å². The van der Waals surface area contributed by atoms with Crippen molar-refractivity contribution in [2.45, 2.75) is 17.9 Å². The quantitative estimate of drug-likeness (QED) is 0.540. The summed E-state index contributed by atoms with van der Waals surface area (Å²) < 4.78 is 29.7. The predicted octanol–water partition coefficient (Wildman–Crippen LogP) is 4.40. The van der Waals surface area contributed by atoms with Crippen molar-refractivity contribution in [3.8, 4) is 5.75 Å². The molecule has 0 aliphatic rings. The minimum Gasteiger partial charge on any atom is -0.489 e. The van der Waals surface area contributed by atoms with E-state index in [1.165, 1.54) is 6.07 Å². The van der Waals surface area contributed by atoms with Crippen molar-refractivity contribution in [2.24, 2.45) is 5.14 Å². The molecule has 9 heteroatoms. The van der Waals surface area contributed by atoms with E-state index in [2.05, 4.69) is 5.32 Å². The van der Waals surface area contributed by atoms with Gasteiger partial charge in [-0.05, 0) is 48.0 Å². The molecule has 0 saturated carbocycles. The van der Waals surface area contributed by atoms with Gasteiger partial charge in [-0.2, -0.15) is 0 Å². The summed E-state index contributed by atoms with van der Waals surface area (Å²) in [7, 11) is -4.04. The molecule has 0 heterocycles. The normalized spacial score (nSPS) is 11.2. The van der Waals surface area contributed by atoms with Gasteiger partial charge in [0.2, 0.25) is 15.9 Å². The van der Waals surface area contributed by atoms with Crippen LogP contribution in [0.25, 0.3) is 0 Å². The molecule has 0 aliphatic carbocycles. The maximum Gasteiger partial charge on any atom is 0.238 e. The summed E-state index contributed by atoms with van der Waals surface area (Å²) >= 11 is 11.9. The third-order valence-corrected chi connectivity index (χ3v) is 5.79. The molecule has 0 spiro atoms. The maximum absolute atomic E-state index is 12.3. The molecule has 0 saturated heterocycles. The number of rotatable bonds is 7. The van der Waals surface area contributed by atoms with Crippen molar-refractivity contribution in [1.29, 1.82) is 0 Å². The van der Waals surface area contributed by atoms with Gasteiger partial charge in [-0.15, -0.1) is 0 Å². The zero-order chi connectivity index (χ0) is 21.7. The molecule has 0 unspecified atom stereocenters. The molecular formula is C21H18Cl2N2O4S. The van der Waals surface area contributed by atoms with Crippen molar-refractivity contribution in [1.82, 2.24) is 0 Å². The van der Waals surface area contributed by atoms with Gasteiger partial charge in [0.1, 0.15) is 12.4 Å². The van der Waals surface area contributed by atoms with E-state index in [0.717, 1.165) is 0 Å². The van der Waals surface area contributed by atoms with Crippen molar-refractivity contribution in [3.05, 3.63) is 87.9 Å². The lowest BCUT2D eigenvalue weighted by Crippen LogP contribution is -2.18. The van der Waals surface area contributed by atoms with Crippen LogP contribution in [0.5, 0.6) is 5.75 Å². The number of carbonyl (C=O) groups is 1. The van der Waals surface area contributed by atoms with Crippen LogP contribution in [0.4, 0.5) is 5.69 Å². The van der Waals surface area contributed by atoms with E-state index in [-0.39, 0.29) is 23.8 Å². The average molecular weight is 465 g/mol. The number of nitrogens with two attached hydrogens (primary N) is 1. The Kier molecular flexibility index (Phi) is 6.99. The van der Waals surface area contributed by atoms with Crippen molar-refractivity contribution >= 4 is 44.8 Å². The molecule has 0 fully saturated rings. The van der Waals surface area contributed by atoms with E-state index in [1.54, 1.807) is 60.7 Å². The number of sulfonamides is 1. The molecule has 0 aromatic heterocycles. The SMILES string of the molecule is NS(=O)(=O)c1cc(NC(=O)Cc2ccccc2Cl)ccc1COc1ccc(Cl)cc1. The van der Waals surface area contributed by atoms with E-state index in [9.17, 15) is 13.2 Å². The monoisotopic (exact) mass is 464 g/mol. The summed E-state index contributed by atoms with van der Waals surface area (Å²) in [5.41, 5.74) is 1.32. The van der Waals surface area contributed by atoms with Gasteiger partial charge in [-0.3, -0.25) is 4.79 Å². The minimum absolute atomic E-state index is 0.0265.